The van der Waals surface area contributed by atoms with Crippen LogP contribution in [0.1, 0.15) is 29.6 Å². The van der Waals surface area contributed by atoms with Crippen molar-refractivity contribution in [3.8, 4) is 5.75 Å². The van der Waals surface area contributed by atoms with E-state index in [-0.39, 0.29) is 36.9 Å². The largest absolute Gasteiger partial charge is 0.497 e. The van der Waals surface area contributed by atoms with Crippen molar-refractivity contribution >= 4 is 64.0 Å². The average molecular weight is 651 g/mol. The summed E-state index contributed by atoms with van der Waals surface area (Å²) in [5, 5.41) is 10.5. The van der Waals surface area contributed by atoms with Crippen LogP contribution in [-0.4, -0.2) is 48.4 Å². The van der Waals surface area contributed by atoms with E-state index in [0.717, 1.165) is 0 Å². The maximum absolute atomic E-state index is 13.2. The van der Waals surface area contributed by atoms with Gasteiger partial charge in [0.05, 0.1) is 35.8 Å². The van der Waals surface area contributed by atoms with Gasteiger partial charge in [0.2, 0.25) is 17.7 Å². The fourth-order valence-electron chi connectivity index (χ4n) is 4.59. The lowest BCUT2D eigenvalue weighted by Gasteiger charge is -2.15. The van der Waals surface area contributed by atoms with Crippen molar-refractivity contribution in [1.29, 1.82) is 0 Å². The predicted molar refractivity (Wildman–Crippen MR) is 176 cm³/mol. The van der Waals surface area contributed by atoms with Crippen LogP contribution in [0, 0.1) is 0 Å². The Morgan fingerprint density at radius 3 is 2.32 bits per heavy atom. The first-order valence-corrected chi connectivity index (χ1v) is 15.5. The molecule has 5 rings (SSSR count). The fourth-order valence-corrected chi connectivity index (χ4v) is 5.71. The number of amides is 3. The number of benzene rings is 4. The summed E-state index contributed by atoms with van der Waals surface area (Å²) in [6.45, 7) is -0.446. The Bertz CT molecular complexity index is 1810. The highest BCUT2D eigenvalue weighted by Crippen LogP contribution is 2.35. The van der Waals surface area contributed by atoms with Crippen molar-refractivity contribution in [3.63, 3.8) is 0 Å². The molecule has 238 valence electrons. The number of ketones is 1. The molecule has 0 saturated carbocycles. The monoisotopic (exact) mass is 650 g/mol. The Hall–Kier alpha value is -5.62. The summed E-state index contributed by atoms with van der Waals surface area (Å²) in [4.78, 5) is 64.9. The van der Waals surface area contributed by atoms with E-state index in [4.69, 9.17) is 9.47 Å². The number of hydrogen-bond acceptors (Lipinski definition) is 10. The molecular weight excluding hydrogens is 620 g/mol. The second-order valence-electron chi connectivity index (χ2n) is 10.3. The van der Waals surface area contributed by atoms with Crippen molar-refractivity contribution in [1.82, 2.24) is 0 Å². The summed E-state index contributed by atoms with van der Waals surface area (Å²) >= 11 is 1.23. The molecule has 12 heteroatoms. The number of hydrogen-bond donors (Lipinski definition) is 1. The quantitative estimate of drug-likeness (QED) is 0.0731. The number of esters is 1. The molecule has 11 nitrogen and oxygen atoms in total. The van der Waals surface area contributed by atoms with Crippen LogP contribution in [0.25, 0.3) is 0 Å². The van der Waals surface area contributed by atoms with E-state index in [1.807, 2.05) is 30.3 Å². The maximum Gasteiger partial charge on any atom is 0.306 e. The molecule has 0 radical (unpaired) electrons. The molecule has 4 aromatic carbocycles. The number of carbonyl (C=O) groups excluding carboxylic acids is 5. The first-order valence-electron chi connectivity index (χ1n) is 14.6. The summed E-state index contributed by atoms with van der Waals surface area (Å²) < 4.78 is 10.1. The van der Waals surface area contributed by atoms with Gasteiger partial charge in [0.1, 0.15) is 5.75 Å². The number of ether oxygens (including phenoxy) is 2. The molecule has 0 aliphatic carbocycles. The standard InChI is InChI=1S/C35H30N4O7S/c1-45-28-11-5-7-23(19-28)30(40)22-46-34(43)18-17-32(41)36-26-10-6-12-29(20-26)47-31-21-33(42)39(35(31)44)27-15-13-25(14-16-27)38-37-24-8-3-2-4-9-24/h2-16,19-20,31H,17-18,21-22H2,1H3,(H,36,41)/t31-/m1/s1. The van der Waals surface area contributed by atoms with E-state index in [0.29, 0.717) is 39.0 Å². The summed E-state index contributed by atoms with van der Waals surface area (Å²) in [6.07, 6.45) is -0.338. The van der Waals surface area contributed by atoms with Crippen molar-refractivity contribution in [2.24, 2.45) is 10.2 Å². The number of thioether (sulfide) groups is 1. The highest BCUT2D eigenvalue weighted by Gasteiger charge is 2.40. The third-order valence-corrected chi connectivity index (χ3v) is 8.14. The normalized spacial score (nSPS) is 14.3. The first kappa shape index (κ1) is 32.8. The van der Waals surface area contributed by atoms with E-state index < -0.39 is 23.7 Å². The van der Waals surface area contributed by atoms with Gasteiger partial charge in [0, 0.05) is 29.0 Å². The Morgan fingerprint density at radius 1 is 0.851 bits per heavy atom. The Kier molecular flexibility index (Phi) is 10.9. The number of Topliss-reactive ketones (excluding diaryl/α,β-unsaturated/α-hetero) is 1. The molecule has 1 aliphatic rings. The molecule has 0 spiro atoms. The lowest BCUT2D eigenvalue weighted by atomic mass is 10.1. The lowest BCUT2D eigenvalue weighted by molar-refractivity contribution is -0.143. The third-order valence-electron chi connectivity index (χ3n) is 6.96. The molecule has 0 aromatic heterocycles. The SMILES string of the molecule is COc1cccc(C(=O)COC(=O)CCC(=O)Nc2cccc(S[C@@H]3CC(=O)N(c4ccc(N=Nc5ccccc5)cc4)C3=O)c2)c1. The Balaban J connectivity index is 1.09. The molecule has 3 amide bonds. The molecule has 0 unspecified atom stereocenters. The molecule has 47 heavy (non-hydrogen) atoms. The molecular formula is C35H30N4O7S. The number of methoxy groups -OCH3 is 1. The highest BCUT2D eigenvalue weighted by molar-refractivity contribution is 8.00. The number of rotatable bonds is 13. The number of nitrogens with one attached hydrogen (secondary N) is 1. The number of nitrogens with zero attached hydrogens (tertiary/aromatic N) is 3. The molecule has 1 heterocycles. The second kappa shape index (κ2) is 15.6. The zero-order chi connectivity index (χ0) is 33.2. The minimum absolute atomic E-state index is 0.0258. The minimum atomic E-state index is -0.680. The van der Waals surface area contributed by atoms with Gasteiger partial charge in [-0.1, -0.05) is 36.4 Å². The van der Waals surface area contributed by atoms with Gasteiger partial charge >= 0.3 is 5.97 Å². The topological polar surface area (TPSA) is 144 Å². The minimum Gasteiger partial charge on any atom is -0.497 e. The van der Waals surface area contributed by atoms with Gasteiger partial charge < -0.3 is 14.8 Å². The van der Waals surface area contributed by atoms with Gasteiger partial charge in [-0.05, 0) is 66.7 Å². The molecule has 1 atom stereocenters. The summed E-state index contributed by atoms with van der Waals surface area (Å²) in [5.74, 6) is -1.63. The molecule has 1 fully saturated rings. The van der Waals surface area contributed by atoms with Crippen LogP contribution in [0.15, 0.2) is 118 Å². The number of carbonyl (C=O) groups is 5. The van der Waals surface area contributed by atoms with Crippen LogP contribution >= 0.6 is 11.8 Å². The lowest BCUT2D eigenvalue weighted by Crippen LogP contribution is -2.31. The van der Waals surface area contributed by atoms with Crippen molar-refractivity contribution in [3.05, 3.63) is 109 Å². The summed E-state index contributed by atoms with van der Waals surface area (Å²) in [7, 11) is 1.49. The van der Waals surface area contributed by atoms with Gasteiger partial charge in [-0.25, -0.2) is 4.90 Å². The van der Waals surface area contributed by atoms with Crippen LogP contribution in [0.2, 0.25) is 0 Å². The van der Waals surface area contributed by atoms with Gasteiger partial charge in [-0.2, -0.15) is 10.2 Å². The fraction of sp³-hybridized carbons (Fsp3) is 0.171. The maximum atomic E-state index is 13.2. The zero-order valence-corrected chi connectivity index (χ0v) is 26.1. The molecule has 4 aromatic rings. The Labute approximate surface area is 275 Å². The average Bonchev–Trinajstić information content (AvgIpc) is 3.37. The molecule has 0 bridgehead atoms. The number of anilines is 2. The third kappa shape index (κ3) is 8.98. The van der Waals surface area contributed by atoms with Crippen LogP contribution in [0.3, 0.4) is 0 Å². The summed E-state index contributed by atoms with van der Waals surface area (Å²) in [6, 6.07) is 29.4. The van der Waals surface area contributed by atoms with Crippen LogP contribution in [0.4, 0.5) is 22.7 Å². The molecule has 1 aliphatic heterocycles. The van der Waals surface area contributed by atoms with Gasteiger partial charge in [0.25, 0.3) is 0 Å². The van der Waals surface area contributed by atoms with E-state index in [2.05, 4.69) is 15.5 Å². The van der Waals surface area contributed by atoms with E-state index in [1.165, 1.54) is 23.8 Å². The highest BCUT2D eigenvalue weighted by atomic mass is 32.2. The van der Waals surface area contributed by atoms with E-state index in [1.54, 1.807) is 72.8 Å². The van der Waals surface area contributed by atoms with Crippen molar-refractivity contribution in [2.75, 3.05) is 23.9 Å². The molecule has 1 saturated heterocycles. The molecule has 1 N–H and O–H groups in total. The van der Waals surface area contributed by atoms with Gasteiger partial charge in [0.15, 0.2) is 12.4 Å². The van der Waals surface area contributed by atoms with Crippen LogP contribution < -0.4 is 15.0 Å². The number of azo groups is 1. The summed E-state index contributed by atoms with van der Waals surface area (Å²) in [5.41, 5.74) is 2.56. The van der Waals surface area contributed by atoms with Gasteiger partial charge in [-0.3, -0.25) is 24.0 Å². The number of imide groups is 1. The second-order valence-corrected chi connectivity index (χ2v) is 11.6. The van der Waals surface area contributed by atoms with Crippen molar-refractivity contribution < 1.29 is 33.4 Å². The van der Waals surface area contributed by atoms with E-state index >= 15 is 0 Å². The zero-order valence-electron chi connectivity index (χ0n) is 25.3. The van der Waals surface area contributed by atoms with Gasteiger partial charge in [-0.15, -0.1) is 11.8 Å². The van der Waals surface area contributed by atoms with Crippen LogP contribution in [-0.2, 0) is 23.9 Å². The first-order chi connectivity index (χ1) is 22.8. The Morgan fingerprint density at radius 2 is 1.57 bits per heavy atom. The van der Waals surface area contributed by atoms with Crippen molar-refractivity contribution in [2.45, 2.75) is 29.4 Å². The van der Waals surface area contributed by atoms with Crippen LogP contribution in [0.5, 0.6) is 5.75 Å². The smallest absolute Gasteiger partial charge is 0.306 e. The predicted octanol–water partition coefficient (Wildman–Crippen LogP) is 6.68. The van der Waals surface area contributed by atoms with E-state index in [9.17, 15) is 24.0 Å².